The van der Waals surface area contributed by atoms with Crippen molar-refractivity contribution < 1.29 is 0 Å². The summed E-state index contributed by atoms with van der Waals surface area (Å²) >= 11 is 0. The zero-order chi connectivity index (χ0) is 16.1. The summed E-state index contributed by atoms with van der Waals surface area (Å²) in [5.41, 5.74) is 5.16. The fourth-order valence-corrected chi connectivity index (χ4v) is 2.70. The van der Waals surface area contributed by atoms with Crippen LogP contribution in [0.5, 0.6) is 0 Å². The Kier molecular flexibility index (Phi) is 4.57. The van der Waals surface area contributed by atoms with Gasteiger partial charge in [-0.3, -0.25) is 4.98 Å². The third-order valence-corrected chi connectivity index (χ3v) is 3.94. The minimum Gasteiger partial charge on any atom is -0.259 e. The molecule has 3 heteroatoms. The summed E-state index contributed by atoms with van der Waals surface area (Å²) in [5, 5.41) is 3.33. The van der Waals surface area contributed by atoms with Gasteiger partial charge < -0.3 is 0 Å². The zero-order valence-corrected chi connectivity index (χ0v) is 13.0. The molecule has 0 saturated carbocycles. The molecule has 0 aliphatic heterocycles. The van der Waals surface area contributed by atoms with Gasteiger partial charge in [-0.15, -0.1) is 4.91 Å². The zero-order valence-electron chi connectivity index (χ0n) is 13.0. The molecular weight excluding hydrogens is 284 g/mol. The summed E-state index contributed by atoms with van der Waals surface area (Å²) < 4.78 is 0. The molecule has 0 amide bonds. The van der Waals surface area contributed by atoms with E-state index >= 15 is 0 Å². The van der Waals surface area contributed by atoms with Gasteiger partial charge in [-0.1, -0.05) is 65.3 Å². The first-order valence-corrected chi connectivity index (χ1v) is 7.64. The first-order valence-electron chi connectivity index (χ1n) is 7.64. The van der Waals surface area contributed by atoms with E-state index in [-0.39, 0.29) is 0 Å². The Morgan fingerprint density at radius 3 is 2.39 bits per heavy atom. The van der Waals surface area contributed by atoms with Gasteiger partial charge in [0.25, 0.3) is 0 Å². The van der Waals surface area contributed by atoms with Gasteiger partial charge in [0.2, 0.25) is 0 Å². The lowest BCUT2D eigenvalue weighted by molar-refractivity contribution is 0.810. The van der Waals surface area contributed by atoms with Gasteiger partial charge in [0.15, 0.2) is 6.04 Å². The van der Waals surface area contributed by atoms with E-state index in [0.29, 0.717) is 5.69 Å². The first kappa shape index (κ1) is 15.1. The van der Waals surface area contributed by atoms with E-state index in [2.05, 4.69) is 47.4 Å². The first-order chi connectivity index (χ1) is 11.3. The molecule has 3 rings (SSSR count). The smallest absolute Gasteiger partial charge is 0.159 e. The second kappa shape index (κ2) is 6.97. The van der Waals surface area contributed by atoms with E-state index in [9.17, 15) is 4.91 Å². The third-order valence-electron chi connectivity index (χ3n) is 3.94. The monoisotopic (exact) mass is 302 g/mol. The molecule has 23 heavy (non-hydrogen) atoms. The van der Waals surface area contributed by atoms with E-state index in [1.165, 1.54) is 11.1 Å². The molecular formula is C20H18N2O. The van der Waals surface area contributed by atoms with Crippen molar-refractivity contribution in [2.75, 3.05) is 0 Å². The summed E-state index contributed by atoms with van der Waals surface area (Å²) in [6.45, 7) is 2.07. The summed E-state index contributed by atoms with van der Waals surface area (Å²) in [6.07, 6.45) is 2.46. The lowest BCUT2D eigenvalue weighted by Crippen LogP contribution is -2.04. The molecule has 0 bridgehead atoms. The van der Waals surface area contributed by atoms with Crippen LogP contribution in [0.2, 0.25) is 0 Å². The maximum atomic E-state index is 11.5. The summed E-state index contributed by atoms with van der Waals surface area (Å²) in [7, 11) is 0. The molecule has 3 nitrogen and oxygen atoms in total. The van der Waals surface area contributed by atoms with Crippen LogP contribution in [-0.2, 0) is 6.42 Å². The fourth-order valence-electron chi connectivity index (χ4n) is 2.70. The molecule has 0 N–H and O–H groups in total. The Labute approximate surface area is 136 Å². The Morgan fingerprint density at radius 1 is 0.957 bits per heavy atom. The highest BCUT2D eigenvalue weighted by Crippen LogP contribution is 2.28. The quantitative estimate of drug-likeness (QED) is 0.633. The molecule has 3 aromatic rings. The molecule has 1 unspecified atom stereocenters. The maximum absolute atomic E-state index is 11.5. The Morgan fingerprint density at radius 2 is 1.70 bits per heavy atom. The van der Waals surface area contributed by atoms with Crippen LogP contribution in [0, 0.1) is 11.8 Å². The highest BCUT2D eigenvalue weighted by Gasteiger charge is 2.19. The largest absolute Gasteiger partial charge is 0.259 e. The topological polar surface area (TPSA) is 42.3 Å². The van der Waals surface area contributed by atoms with Crippen molar-refractivity contribution in [3.63, 3.8) is 0 Å². The number of aromatic nitrogens is 1. The minimum atomic E-state index is -0.571. The van der Waals surface area contributed by atoms with Crippen LogP contribution in [-0.4, -0.2) is 4.98 Å². The Balaban J connectivity index is 1.96. The predicted molar refractivity (Wildman–Crippen MR) is 92.3 cm³/mol. The Bertz CT molecular complexity index is 782. The van der Waals surface area contributed by atoms with Gasteiger partial charge in [-0.25, -0.2) is 0 Å². The molecule has 1 atom stereocenters. The fraction of sp³-hybridized carbons (Fsp3) is 0.150. The summed E-state index contributed by atoms with van der Waals surface area (Å²) in [5.74, 6) is 0. The number of aryl methyl sites for hydroxylation is 1. The molecule has 0 fully saturated rings. The van der Waals surface area contributed by atoms with Crippen molar-refractivity contribution in [3.8, 4) is 0 Å². The van der Waals surface area contributed by atoms with E-state index in [1.807, 2.05) is 36.4 Å². The number of hydrogen-bond donors (Lipinski definition) is 0. The van der Waals surface area contributed by atoms with Gasteiger partial charge in [0, 0.05) is 6.20 Å². The average molecular weight is 302 g/mol. The van der Waals surface area contributed by atoms with Crippen molar-refractivity contribution in [2.24, 2.45) is 5.18 Å². The number of nitrogens with zero attached hydrogens (tertiary/aromatic N) is 2. The van der Waals surface area contributed by atoms with E-state index in [0.717, 1.165) is 17.5 Å². The SMILES string of the molecule is Cc1ccc(Cc2ccccc2C(N=O)c2ccccn2)cc1. The second-order valence-corrected chi connectivity index (χ2v) is 5.62. The van der Waals surface area contributed by atoms with Crippen LogP contribution >= 0.6 is 0 Å². The van der Waals surface area contributed by atoms with Gasteiger partial charge in [0.05, 0.1) is 5.69 Å². The molecule has 1 aromatic heterocycles. The lowest BCUT2D eigenvalue weighted by Gasteiger charge is -2.14. The molecule has 0 saturated heterocycles. The average Bonchev–Trinajstić information content (AvgIpc) is 2.60. The second-order valence-electron chi connectivity index (χ2n) is 5.62. The highest BCUT2D eigenvalue weighted by molar-refractivity contribution is 5.39. The normalized spacial score (nSPS) is 11.9. The van der Waals surface area contributed by atoms with Crippen molar-refractivity contribution >= 4 is 0 Å². The van der Waals surface area contributed by atoms with Crippen LogP contribution in [0.1, 0.15) is 34.0 Å². The number of rotatable bonds is 5. The molecule has 114 valence electrons. The van der Waals surface area contributed by atoms with Gasteiger partial charge in [0.1, 0.15) is 0 Å². The van der Waals surface area contributed by atoms with Crippen molar-refractivity contribution in [1.29, 1.82) is 0 Å². The number of nitroso groups, excluding NO2 is 1. The molecule has 0 aliphatic carbocycles. The highest BCUT2D eigenvalue weighted by atomic mass is 16.3. The Hall–Kier alpha value is -2.81. The molecule has 0 radical (unpaired) electrons. The molecule has 0 spiro atoms. The van der Waals surface area contributed by atoms with Gasteiger partial charge in [-0.2, -0.15) is 0 Å². The summed E-state index contributed by atoms with van der Waals surface area (Å²) in [6, 6.07) is 21.4. The number of pyridine rings is 1. The predicted octanol–water partition coefficient (Wildman–Crippen LogP) is 4.84. The van der Waals surface area contributed by atoms with Crippen LogP contribution < -0.4 is 0 Å². The number of benzene rings is 2. The third kappa shape index (κ3) is 3.51. The summed E-state index contributed by atoms with van der Waals surface area (Å²) in [4.78, 5) is 15.8. The maximum Gasteiger partial charge on any atom is 0.159 e. The van der Waals surface area contributed by atoms with Crippen molar-refractivity contribution in [2.45, 2.75) is 19.4 Å². The van der Waals surface area contributed by atoms with E-state index in [4.69, 9.17) is 0 Å². The standard InChI is InChI=1S/C20H18N2O/c1-15-9-11-16(12-10-15)14-17-6-2-3-7-18(17)20(22-23)19-8-4-5-13-21-19/h2-13,20H,14H2,1H3. The minimum absolute atomic E-state index is 0.571. The molecule has 1 heterocycles. The van der Waals surface area contributed by atoms with Crippen molar-refractivity contribution in [1.82, 2.24) is 4.98 Å². The van der Waals surface area contributed by atoms with E-state index < -0.39 is 6.04 Å². The van der Waals surface area contributed by atoms with E-state index in [1.54, 1.807) is 6.20 Å². The van der Waals surface area contributed by atoms with Gasteiger partial charge in [-0.05, 0) is 42.2 Å². The number of hydrogen-bond acceptors (Lipinski definition) is 3. The molecule has 0 aliphatic rings. The van der Waals surface area contributed by atoms with Crippen LogP contribution in [0.15, 0.2) is 78.1 Å². The lowest BCUT2D eigenvalue weighted by atomic mass is 9.93. The van der Waals surface area contributed by atoms with Crippen LogP contribution in [0.25, 0.3) is 0 Å². The van der Waals surface area contributed by atoms with Crippen LogP contribution in [0.4, 0.5) is 0 Å². The van der Waals surface area contributed by atoms with Crippen molar-refractivity contribution in [3.05, 3.63) is 106 Å². The van der Waals surface area contributed by atoms with Crippen LogP contribution in [0.3, 0.4) is 0 Å². The van der Waals surface area contributed by atoms with Gasteiger partial charge >= 0.3 is 0 Å². The molecule has 2 aromatic carbocycles.